The number of nitrogen functional groups attached to an aromatic ring is 1. The fraction of sp³-hybridized carbons (Fsp3) is 0.548. The van der Waals surface area contributed by atoms with Crippen molar-refractivity contribution in [3.8, 4) is 5.75 Å². The summed E-state index contributed by atoms with van der Waals surface area (Å²) in [5.41, 5.74) is 8.91. The average Bonchev–Trinajstić information content (AvgIpc) is 3.51. The monoisotopic (exact) mass is 766 g/mol. The zero-order valence-electron chi connectivity index (χ0n) is 28.6. The lowest BCUT2D eigenvalue weighted by Gasteiger charge is -2.50. The summed E-state index contributed by atoms with van der Waals surface area (Å²) in [6, 6.07) is 3.86. The number of anilines is 1. The molecule has 3 atom stereocenters. The van der Waals surface area contributed by atoms with Crippen molar-refractivity contribution < 1.29 is 51.4 Å². The number of fused-ring (bicyclic) bond motifs is 1. The van der Waals surface area contributed by atoms with Crippen molar-refractivity contribution in [3.05, 3.63) is 40.4 Å². The van der Waals surface area contributed by atoms with Crippen LogP contribution in [-0.4, -0.2) is 104 Å². The third-order valence-electron chi connectivity index (χ3n) is 9.70. The summed E-state index contributed by atoms with van der Waals surface area (Å²) in [4.78, 5) is 48.4. The number of carboxylic acids is 1. The number of aliphatic hydroxyl groups excluding tert-OH is 1. The highest BCUT2D eigenvalue weighted by Crippen LogP contribution is 2.36. The number of aromatic nitrogens is 1. The van der Waals surface area contributed by atoms with Gasteiger partial charge in [-0.25, -0.2) is 9.78 Å². The van der Waals surface area contributed by atoms with Crippen LogP contribution in [0.25, 0.3) is 0 Å². The minimum absolute atomic E-state index is 0.0390. The van der Waals surface area contributed by atoms with Crippen LogP contribution in [0.1, 0.15) is 76.1 Å². The number of carbonyl (C=O) groups excluding carboxylic acids is 2. The maximum atomic E-state index is 13.5. The van der Waals surface area contributed by atoms with Crippen LogP contribution >= 0.6 is 11.3 Å². The fourth-order valence-corrected chi connectivity index (χ4v) is 7.43. The fourth-order valence-electron chi connectivity index (χ4n) is 6.43. The molecular formula is C31H42N8O11S2. The van der Waals surface area contributed by atoms with Crippen molar-refractivity contribution in [2.45, 2.75) is 101 Å². The minimum atomic E-state index is -5.04. The van der Waals surface area contributed by atoms with Crippen LogP contribution in [0, 0.1) is 5.41 Å². The predicted molar refractivity (Wildman–Crippen MR) is 186 cm³/mol. The van der Waals surface area contributed by atoms with Gasteiger partial charge in [-0.15, -0.1) is 15.6 Å². The van der Waals surface area contributed by atoms with Crippen molar-refractivity contribution in [3.63, 3.8) is 0 Å². The predicted octanol–water partition coefficient (Wildman–Crippen LogP) is 0.461. The van der Waals surface area contributed by atoms with Gasteiger partial charge in [0.25, 0.3) is 17.4 Å². The highest BCUT2D eigenvalue weighted by atomic mass is 32.3. The number of benzene rings is 1. The van der Waals surface area contributed by atoms with Gasteiger partial charge in [-0.1, -0.05) is 5.16 Å². The van der Waals surface area contributed by atoms with Gasteiger partial charge in [0.15, 0.2) is 16.9 Å². The molecule has 1 aromatic heterocycles. The SMILES string of the molecule is CC(ON=C(C(=O)NC1C(=O)N(OS(=O)(=O)O)C1(C)C)c1csc(N)n1)(C(=O)O)C1CCc2cc(C(=N)NC3CCC(N)(CCO)CC3)ccc2O1. The summed E-state index contributed by atoms with van der Waals surface area (Å²) in [5, 5.41) is 39.6. The zero-order valence-corrected chi connectivity index (χ0v) is 30.3. The Labute approximate surface area is 303 Å². The number of rotatable bonds is 13. The van der Waals surface area contributed by atoms with Crippen molar-refractivity contribution in [2.75, 3.05) is 12.3 Å². The maximum absolute atomic E-state index is 13.5. The van der Waals surface area contributed by atoms with Crippen LogP contribution in [0.2, 0.25) is 0 Å². The highest BCUT2D eigenvalue weighted by Gasteiger charge is 2.58. The lowest BCUT2D eigenvalue weighted by atomic mass is 9.78. The number of carboxylic acid groups (broad SMARTS) is 1. The smallest absolute Gasteiger partial charge is 0.418 e. The third-order valence-corrected chi connectivity index (χ3v) is 10.7. The number of nitrogens with zero attached hydrogens (tertiary/aromatic N) is 3. The van der Waals surface area contributed by atoms with Gasteiger partial charge in [0, 0.05) is 29.1 Å². The highest BCUT2D eigenvalue weighted by molar-refractivity contribution is 7.80. The largest absolute Gasteiger partial charge is 0.485 e. The van der Waals surface area contributed by atoms with Crippen LogP contribution in [0.3, 0.4) is 0 Å². The number of ether oxygens (including phenoxy) is 1. The number of thiazole rings is 1. The molecule has 10 N–H and O–H groups in total. The molecule has 52 heavy (non-hydrogen) atoms. The Hall–Kier alpha value is -4.41. The molecule has 2 fully saturated rings. The number of hydrogen-bond donors (Lipinski definition) is 8. The lowest BCUT2D eigenvalue weighted by Crippen LogP contribution is -2.76. The van der Waals surface area contributed by atoms with E-state index >= 15 is 0 Å². The second-order valence-corrected chi connectivity index (χ2v) is 15.7. The number of amides is 2. The summed E-state index contributed by atoms with van der Waals surface area (Å²) >= 11 is 0.957. The standard InChI is InChI=1S/C31H42N8O11S2/c1-29(2)23(26(42)39(29)50-52(45,46)47)37-25(41)22(19-15-51-28(33)36-19)38-49-30(3,27(43)44)21-7-5-16-14-17(4-6-20(16)48-21)24(32)35-18-8-10-31(34,11-9-18)12-13-40/h4,6,14-15,18,21,23,40H,5,7-13,34H2,1-3H3,(H2,32,35)(H2,33,36)(H,37,41)(H,43,44)(H,45,46,47). The number of amidine groups is 1. The molecule has 1 aromatic carbocycles. The van der Waals surface area contributed by atoms with Crippen molar-refractivity contribution >= 4 is 56.2 Å². The molecule has 2 aliphatic heterocycles. The Morgan fingerprint density at radius 1 is 1.25 bits per heavy atom. The first kappa shape index (κ1) is 38.8. The number of nitrogens with two attached hydrogens (primary N) is 2. The van der Waals surface area contributed by atoms with E-state index < -0.39 is 57.2 Å². The van der Waals surface area contributed by atoms with Crippen LogP contribution < -0.4 is 26.8 Å². The lowest BCUT2D eigenvalue weighted by molar-refractivity contribution is -0.218. The quantitative estimate of drug-likeness (QED) is 0.0452. The summed E-state index contributed by atoms with van der Waals surface area (Å²) in [7, 11) is -5.04. The van der Waals surface area contributed by atoms with E-state index in [0.717, 1.165) is 42.6 Å². The molecule has 284 valence electrons. The molecule has 0 spiro atoms. The summed E-state index contributed by atoms with van der Waals surface area (Å²) in [6.07, 6.45) is 3.00. The van der Waals surface area contributed by atoms with E-state index in [2.05, 4.69) is 25.1 Å². The molecule has 0 bridgehead atoms. The van der Waals surface area contributed by atoms with Gasteiger partial charge in [-0.2, -0.15) is 13.5 Å². The number of aliphatic carboxylic acids is 1. The molecule has 19 nitrogen and oxygen atoms in total. The Bertz CT molecular complexity index is 1880. The number of oxime groups is 1. The van der Waals surface area contributed by atoms with Gasteiger partial charge in [0.2, 0.25) is 0 Å². The van der Waals surface area contributed by atoms with Gasteiger partial charge >= 0.3 is 16.4 Å². The Morgan fingerprint density at radius 2 is 1.94 bits per heavy atom. The molecule has 1 saturated heterocycles. The molecule has 5 rings (SSSR count). The molecule has 2 aromatic rings. The molecule has 1 saturated carbocycles. The van der Waals surface area contributed by atoms with Crippen LogP contribution in [0.15, 0.2) is 28.7 Å². The van der Waals surface area contributed by atoms with Crippen LogP contribution in [-0.2, 0) is 40.3 Å². The molecule has 1 aliphatic carbocycles. The second-order valence-electron chi connectivity index (χ2n) is 13.8. The van der Waals surface area contributed by atoms with Gasteiger partial charge in [-0.3, -0.25) is 19.6 Å². The van der Waals surface area contributed by atoms with Crippen LogP contribution in [0.4, 0.5) is 5.13 Å². The minimum Gasteiger partial charge on any atom is -0.485 e. The van der Waals surface area contributed by atoms with Crippen LogP contribution in [0.5, 0.6) is 5.75 Å². The molecular weight excluding hydrogens is 725 g/mol. The molecule has 21 heteroatoms. The van der Waals surface area contributed by atoms with E-state index in [1.165, 1.54) is 26.2 Å². The number of β-lactam (4-membered cyclic amide) rings is 1. The first-order valence-electron chi connectivity index (χ1n) is 16.3. The topological polar surface area (TPSA) is 302 Å². The van der Waals surface area contributed by atoms with E-state index in [1.807, 2.05) is 0 Å². The second kappa shape index (κ2) is 14.5. The molecule has 3 heterocycles. The molecule has 2 amide bonds. The average molecular weight is 767 g/mol. The normalized spacial score (nSPS) is 25.5. The van der Waals surface area contributed by atoms with Gasteiger partial charge < -0.3 is 41.9 Å². The van der Waals surface area contributed by atoms with E-state index in [9.17, 15) is 33.0 Å². The third kappa shape index (κ3) is 8.13. The summed E-state index contributed by atoms with van der Waals surface area (Å²) < 4.78 is 41.8. The molecule has 3 aliphatic rings. The number of hydroxylamine groups is 2. The maximum Gasteiger partial charge on any atom is 0.418 e. The first-order chi connectivity index (χ1) is 24.3. The van der Waals surface area contributed by atoms with Gasteiger partial charge in [0.1, 0.15) is 23.3 Å². The zero-order chi connectivity index (χ0) is 38.2. The molecule has 3 unspecified atom stereocenters. The van der Waals surface area contributed by atoms with Crippen molar-refractivity contribution in [1.82, 2.24) is 20.7 Å². The number of nitrogens with one attached hydrogen (secondary N) is 3. The summed E-state index contributed by atoms with van der Waals surface area (Å²) in [5.74, 6) is -2.87. The first-order valence-corrected chi connectivity index (χ1v) is 18.6. The number of carbonyl (C=O) groups is 3. The van der Waals surface area contributed by atoms with Gasteiger partial charge in [0.05, 0.1) is 5.54 Å². The number of aliphatic hydroxyl groups is 1. The Balaban J connectivity index is 1.29. The van der Waals surface area contributed by atoms with E-state index in [1.54, 1.807) is 18.2 Å². The summed E-state index contributed by atoms with van der Waals surface area (Å²) in [6.45, 7) is 4.00. The Morgan fingerprint density at radius 3 is 2.52 bits per heavy atom. The van der Waals surface area contributed by atoms with E-state index in [4.69, 9.17) is 31.0 Å². The van der Waals surface area contributed by atoms with Gasteiger partial charge in [-0.05, 0) is 89.5 Å². The molecule has 0 radical (unpaired) electrons. The van der Waals surface area contributed by atoms with E-state index in [-0.39, 0.29) is 41.3 Å². The van der Waals surface area contributed by atoms with Crippen molar-refractivity contribution in [1.29, 1.82) is 5.41 Å². The Kier molecular flexibility index (Phi) is 10.9. The van der Waals surface area contributed by atoms with Crippen molar-refractivity contribution in [2.24, 2.45) is 10.9 Å². The van der Waals surface area contributed by atoms with E-state index in [0.29, 0.717) is 29.2 Å². The number of hydrogen-bond acceptors (Lipinski definition) is 15. The number of aryl methyl sites for hydroxylation is 1.